The van der Waals surface area contributed by atoms with Crippen molar-refractivity contribution in [2.24, 2.45) is 5.10 Å². The molecule has 0 radical (unpaired) electrons. The van der Waals surface area contributed by atoms with E-state index >= 15 is 0 Å². The van der Waals surface area contributed by atoms with Crippen LogP contribution in [0.2, 0.25) is 0 Å². The Balaban J connectivity index is 1.85. The second kappa shape index (κ2) is 8.97. The summed E-state index contributed by atoms with van der Waals surface area (Å²) in [6.07, 6.45) is 1.39. The van der Waals surface area contributed by atoms with Crippen molar-refractivity contribution >= 4 is 35.3 Å². The molecule has 0 aliphatic heterocycles. The number of rotatable bonds is 5. The first-order valence-corrected chi connectivity index (χ1v) is 7.64. The van der Waals surface area contributed by atoms with E-state index in [2.05, 4.69) is 21.2 Å². The molecule has 0 saturated heterocycles. The van der Waals surface area contributed by atoms with E-state index in [0.717, 1.165) is 0 Å². The molecule has 2 aromatic carbocycles. The summed E-state index contributed by atoms with van der Waals surface area (Å²) in [6.45, 7) is 1.42. The van der Waals surface area contributed by atoms with Crippen molar-refractivity contribution < 1.29 is 19.1 Å². The van der Waals surface area contributed by atoms with Crippen LogP contribution in [-0.4, -0.2) is 31.0 Å². The Hall–Kier alpha value is -3.68. The fourth-order valence-corrected chi connectivity index (χ4v) is 1.93. The minimum absolute atomic E-state index is 0.165. The van der Waals surface area contributed by atoms with Crippen LogP contribution >= 0.6 is 0 Å². The van der Waals surface area contributed by atoms with Crippen LogP contribution in [0.15, 0.2) is 53.6 Å². The van der Waals surface area contributed by atoms with Gasteiger partial charge in [-0.15, -0.1) is 0 Å². The Morgan fingerprint density at radius 2 is 1.46 bits per heavy atom. The summed E-state index contributed by atoms with van der Waals surface area (Å²) in [7, 11) is 1.53. The minimum atomic E-state index is -0.896. The van der Waals surface area contributed by atoms with E-state index in [-0.39, 0.29) is 5.91 Å². The Bertz CT molecular complexity index is 814. The molecule has 0 atom stereocenters. The van der Waals surface area contributed by atoms with Crippen LogP contribution in [0.3, 0.4) is 0 Å². The largest absolute Gasteiger partial charge is 0.497 e. The summed E-state index contributed by atoms with van der Waals surface area (Å²) >= 11 is 0. The summed E-state index contributed by atoms with van der Waals surface area (Å²) < 4.78 is 5.01. The number of anilines is 2. The molecule has 0 saturated carbocycles. The lowest BCUT2D eigenvalue weighted by Crippen LogP contribution is -2.32. The number of ether oxygens (including phenoxy) is 1. The molecule has 8 nitrogen and oxygen atoms in total. The first-order chi connectivity index (χ1) is 12.5. The van der Waals surface area contributed by atoms with Gasteiger partial charge in [-0.2, -0.15) is 5.10 Å². The van der Waals surface area contributed by atoms with Gasteiger partial charge in [0, 0.05) is 18.3 Å². The van der Waals surface area contributed by atoms with Gasteiger partial charge in [0.2, 0.25) is 5.91 Å². The zero-order chi connectivity index (χ0) is 18.9. The molecular weight excluding hydrogens is 336 g/mol. The van der Waals surface area contributed by atoms with Crippen LogP contribution in [0.25, 0.3) is 0 Å². The van der Waals surface area contributed by atoms with E-state index in [4.69, 9.17) is 4.74 Å². The average Bonchev–Trinajstić information content (AvgIpc) is 2.63. The fraction of sp³-hybridized carbons (Fsp3) is 0.111. The molecule has 3 N–H and O–H groups in total. The predicted molar refractivity (Wildman–Crippen MR) is 98.1 cm³/mol. The highest BCUT2D eigenvalue weighted by Crippen LogP contribution is 2.14. The van der Waals surface area contributed by atoms with Gasteiger partial charge in [0.15, 0.2) is 0 Å². The lowest BCUT2D eigenvalue weighted by molar-refractivity contribution is -0.136. The molecule has 0 heterocycles. The maximum absolute atomic E-state index is 11.8. The van der Waals surface area contributed by atoms with Crippen molar-refractivity contribution in [3.8, 4) is 5.75 Å². The van der Waals surface area contributed by atoms with Crippen molar-refractivity contribution in [1.29, 1.82) is 0 Å². The highest BCUT2D eigenvalue weighted by Gasteiger charge is 2.12. The third-order valence-electron chi connectivity index (χ3n) is 3.16. The lowest BCUT2D eigenvalue weighted by atomic mass is 10.2. The predicted octanol–water partition coefficient (Wildman–Crippen LogP) is 1.74. The van der Waals surface area contributed by atoms with Gasteiger partial charge in [0.25, 0.3) is 0 Å². The molecular formula is C18H18N4O4. The molecule has 0 fully saturated rings. The average molecular weight is 354 g/mol. The SMILES string of the molecule is COc1ccc(NC(=O)C(=O)N/N=C/c2ccc(NC(C)=O)cc2)cc1. The number of nitrogens with one attached hydrogen (secondary N) is 3. The quantitative estimate of drug-likeness (QED) is 0.432. The van der Waals surface area contributed by atoms with E-state index in [1.54, 1.807) is 48.5 Å². The monoisotopic (exact) mass is 354 g/mol. The summed E-state index contributed by atoms with van der Waals surface area (Å²) in [5.74, 6) is -1.26. The molecule has 0 bridgehead atoms. The van der Waals surface area contributed by atoms with Crippen molar-refractivity contribution in [2.75, 3.05) is 17.7 Å². The fourth-order valence-electron chi connectivity index (χ4n) is 1.93. The number of carbonyl (C=O) groups excluding carboxylic acids is 3. The Morgan fingerprint density at radius 1 is 0.885 bits per heavy atom. The van der Waals surface area contributed by atoms with Crippen LogP contribution < -0.4 is 20.8 Å². The van der Waals surface area contributed by atoms with E-state index in [0.29, 0.717) is 22.7 Å². The highest BCUT2D eigenvalue weighted by molar-refractivity contribution is 6.39. The zero-order valence-electron chi connectivity index (χ0n) is 14.3. The molecule has 0 unspecified atom stereocenters. The summed E-state index contributed by atoms with van der Waals surface area (Å²) in [5, 5.41) is 8.81. The molecule has 0 aromatic heterocycles. The number of hydrogen-bond donors (Lipinski definition) is 3. The van der Waals surface area contributed by atoms with Crippen LogP contribution in [0.1, 0.15) is 12.5 Å². The molecule has 26 heavy (non-hydrogen) atoms. The number of hydrazone groups is 1. The van der Waals surface area contributed by atoms with Crippen molar-refractivity contribution in [1.82, 2.24) is 5.43 Å². The Kier molecular flexibility index (Phi) is 6.44. The number of benzene rings is 2. The van der Waals surface area contributed by atoms with Crippen LogP contribution in [-0.2, 0) is 14.4 Å². The van der Waals surface area contributed by atoms with Gasteiger partial charge in [-0.1, -0.05) is 12.1 Å². The smallest absolute Gasteiger partial charge is 0.329 e. The van der Waals surface area contributed by atoms with Gasteiger partial charge < -0.3 is 15.4 Å². The molecule has 0 aliphatic carbocycles. The van der Waals surface area contributed by atoms with E-state index in [9.17, 15) is 14.4 Å². The maximum atomic E-state index is 11.8. The van der Waals surface area contributed by atoms with E-state index in [1.165, 1.54) is 20.2 Å². The third-order valence-corrected chi connectivity index (χ3v) is 3.16. The van der Waals surface area contributed by atoms with E-state index in [1.807, 2.05) is 0 Å². The van der Waals surface area contributed by atoms with Gasteiger partial charge >= 0.3 is 11.8 Å². The number of amides is 3. The maximum Gasteiger partial charge on any atom is 0.329 e. The molecule has 0 aliphatic rings. The summed E-state index contributed by atoms with van der Waals surface area (Å²) in [6, 6.07) is 13.4. The molecule has 2 rings (SSSR count). The standard InChI is InChI=1S/C18H18N4O4/c1-12(23)20-14-5-3-13(4-6-14)11-19-22-18(25)17(24)21-15-7-9-16(26-2)10-8-15/h3-11H,1-2H3,(H,20,23)(H,21,24)(H,22,25)/b19-11+. The van der Waals surface area contributed by atoms with Gasteiger partial charge in [-0.25, -0.2) is 5.43 Å². The van der Waals surface area contributed by atoms with Crippen molar-refractivity contribution in [2.45, 2.75) is 6.92 Å². The molecule has 0 spiro atoms. The number of carbonyl (C=O) groups is 3. The number of nitrogens with zero attached hydrogens (tertiary/aromatic N) is 1. The van der Waals surface area contributed by atoms with Crippen LogP contribution in [0, 0.1) is 0 Å². The van der Waals surface area contributed by atoms with Crippen molar-refractivity contribution in [3.05, 3.63) is 54.1 Å². The molecule has 134 valence electrons. The molecule has 2 aromatic rings. The first kappa shape index (κ1) is 18.7. The van der Waals surface area contributed by atoms with E-state index < -0.39 is 11.8 Å². The third kappa shape index (κ3) is 5.75. The van der Waals surface area contributed by atoms with Crippen molar-refractivity contribution in [3.63, 3.8) is 0 Å². The lowest BCUT2D eigenvalue weighted by Gasteiger charge is -2.05. The molecule has 3 amide bonds. The van der Waals surface area contributed by atoms with Gasteiger partial charge in [-0.3, -0.25) is 14.4 Å². The zero-order valence-corrected chi connectivity index (χ0v) is 14.3. The number of hydrogen-bond acceptors (Lipinski definition) is 5. The Morgan fingerprint density at radius 3 is 2.04 bits per heavy atom. The topological polar surface area (TPSA) is 109 Å². The number of methoxy groups -OCH3 is 1. The van der Waals surface area contributed by atoms with Crippen LogP contribution in [0.5, 0.6) is 5.75 Å². The summed E-state index contributed by atoms with van der Waals surface area (Å²) in [4.78, 5) is 34.5. The molecule has 8 heteroatoms. The normalized spacial score (nSPS) is 10.2. The van der Waals surface area contributed by atoms with Gasteiger partial charge in [0.05, 0.1) is 13.3 Å². The second-order valence-electron chi connectivity index (χ2n) is 5.18. The van der Waals surface area contributed by atoms with Gasteiger partial charge in [0.1, 0.15) is 5.75 Å². The Labute approximate surface area is 150 Å². The van der Waals surface area contributed by atoms with Gasteiger partial charge in [-0.05, 0) is 42.0 Å². The highest BCUT2D eigenvalue weighted by atomic mass is 16.5. The summed E-state index contributed by atoms with van der Waals surface area (Å²) in [5.41, 5.74) is 3.95. The minimum Gasteiger partial charge on any atom is -0.497 e. The first-order valence-electron chi connectivity index (χ1n) is 7.64. The van der Waals surface area contributed by atoms with Crippen LogP contribution in [0.4, 0.5) is 11.4 Å². The second-order valence-corrected chi connectivity index (χ2v) is 5.18.